The number of hydrogen-bond acceptors (Lipinski definition) is 1. The van der Waals surface area contributed by atoms with E-state index in [4.69, 9.17) is 28.9 Å². The maximum atomic E-state index is 12.4. The Bertz CT molecular complexity index is 730. The lowest BCUT2D eigenvalue weighted by Gasteiger charge is -2.12. The highest BCUT2D eigenvalue weighted by molar-refractivity contribution is 6.33. The molecule has 1 nitrogen and oxygen atoms in total. The maximum Gasteiger partial charge on any atom is 0.418 e. The van der Waals surface area contributed by atoms with E-state index in [1.165, 1.54) is 26.0 Å². The molecule has 0 heterocycles. The predicted octanol–water partition coefficient (Wildman–Crippen LogP) is 7.23. The molecule has 2 aromatic rings. The van der Waals surface area contributed by atoms with Gasteiger partial charge in [0.05, 0.1) is 21.8 Å². The number of nitrogen functional groups attached to an aromatic ring is 1. The second-order valence-corrected chi connectivity index (χ2v) is 6.44. The van der Waals surface area contributed by atoms with Gasteiger partial charge in [0.2, 0.25) is 0 Å². The van der Waals surface area contributed by atoms with Gasteiger partial charge in [0, 0.05) is 5.02 Å². The number of hydrogen-bond donors (Lipinski definition) is 1. The first-order chi connectivity index (χ1) is 11.6. The third-order valence-electron chi connectivity index (χ3n) is 3.37. The largest absolute Gasteiger partial charge is 0.418 e. The second kappa shape index (κ2) is 7.96. The van der Waals surface area contributed by atoms with Gasteiger partial charge in [-0.3, -0.25) is 0 Å². The molecule has 2 rings (SSSR count). The fourth-order valence-electron chi connectivity index (χ4n) is 2.10. The van der Waals surface area contributed by atoms with Gasteiger partial charge in [0.25, 0.3) is 0 Å². The number of benzene rings is 2. The minimum atomic E-state index is -4.44. The molecule has 2 aromatic carbocycles. The summed E-state index contributed by atoms with van der Waals surface area (Å²) in [4.78, 5) is 0. The van der Waals surface area contributed by atoms with Crippen molar-refractivity contribution in [3.63, 3.8) is 0 Å². The van der Waals surface area contributed by atoms with Crippen molar-refractivity contribution in [1.29, 1.82) is 0 Å². The van der Waals surface area contributed by atoms with Crippen LogP contribution in [-0.4, -0.2) is 0 Å². The van der Waals surface area contributed by atoms with Crippen LogP contribution in [0, 0.1) is 20.8 Å². The summed E-state index contributed by atoms with van der Waals surface area (Å²) in [6.07, 6.45) is -8.76. The summed E-state index contributed by atoms with van der Waals surface area (Å²) in [5, 5.41) is 0.0969. The lowest BCUT2D eigenvalue weighted by atomic mass is 10.1. The number of nitrogens with two attached hydrogens (primary N) is 1. The van der Waals surface area contributed by atoms with Crippen molar-refractivity contribution in [1.82, 2.24) is 0 Å². The van der Waals surface area contributed by atoms with Gasteiger partial charge in [-0.2, -0.15) is 26.3 Å². The maximum absolute atomic E-state index is 12.4. The Kier molecular flexibility index (Phi) is 6.87. The SMILES string of the molecule is Cc1cc(Cl)c(C)c(C(F)(F)F)c1.Cc1cc(Cl)c(N)c(C(F)(F)F)c1. The molecule has 0 saturated heterocycles. The van der Waals surface area contributed by atoms with Crippen molar-refractivity contribution >= 4 is 28.9 Å². The van der Waals surface area contributed by atoms with Crippen LogP contribution in [0.3, 0.4) is 0 Å². The van der Waals surface area contributed by atoms with Gasteiger partial charge in [0.15, 0.2) is 0 Å². The molecule has 144 valence electrons. The van der Waals surface area contributed by atoms with E-state index >= 15 is 0 Å². The summed E-state index contributed by atoms with van der Waals surface area (Å²) in [6, 6.07) is 4.99. The first kappa shape index (κ1) is 22.4. The summed E-state index contributed by atoms with van der Waals surface area (Å²) in [5.74, 6) is 0. The van der Waals surface area contributed by atoms with E-state index in [1.807, 2.05) is 0 Å². The number of alkyl halides is 6. The molecule has 0 unspecified atom stereocenters. The van der Waals surface area contributed by atoms with Crippen LogP contribution in [0.1, 0.15) is 27.8 Å². The third-order valence-corrected chi connectivity index (χ3v) is 4.08. The van der Waals surface area contributed by atoms with Crippen molar-refractivity contribution in [3.05, 3.63) is 62.1 Å². The molecule has 0 saturated carbocycles. The fraction of sp³-hybridized carbons (Fsp3) is 0.294. The van der Waals surface area contributed by atoms with Gasteiger partial charge < -0.3 is 5.73 Å². The van der Waals surface area contributed by atoms with E-state index in [2.05, 4.69) is 0 Å². The van der Waals surface area contributed by atoms with Crippen LogP contribution in [-0.2, 0) is 12.4 Å². The first-order valence-electron chi connectivity index (χ1n) is 7.11. The minimum absolute atomic E-state index is 0.0627. The van der Waals surface area contributed by atoms with Gasteiger partial charge in [-0.25, -0.2) is 0 Å². The van der Waals surface area contributed by atoms with Crippen LogP contribution < -0.4 is 5.73 Å². The quantitative estimate of drug-likeness (QED) is 0.355. The molecular weight excluding hydrogens is 403 g/mol. The minimum Gasteiger partial charge on any atom is -0.397 e. The molecular formula is C17H15Cl2F6N. The smallest absolute Gasteiger partial charge is 0.397 e. The topological polar surface area (TPSA) is 26.0 Å². The number of rotatable bonds is 0. The molecule has 0 radical (unpaired) electrons. The highest BCUT2D eigenvalue weighted by atomic mass is 35.5. The molecule has 2 N–H and O–H groups in total. The Morgan fingerprint density at radius 2 is 1.08 bits per heavy atom. The summed E-state index contributed by atoms with van der Waals surface area (Å²) >= 11 is 11.1. The van der Waals surface area contributed by atoms with Crippen molar-refractivity contribution in [2.45, 2.75) is 33.1 Å². The van der Waals surface area contributed by atoms with Crippen LogP contribution in [0.2, 0.25) is 10.0 Å². The number of aryl methyl sites for hydroxylation is 2. The Hall–Kier alpha value is -1.60. The van der Waals surface area contributed by atoms with Gasteiger partial charge in [-0.05, 0) is 61.7 Å². The summed E-state index contributed by atoms with van der Waals surface area (Å²) < 4.78 is 73.9. The van der Waals surface area contributed by atoms with Crippen LogP contribution >= 0.6 is 23.2 Å². The molecule has 0 bridgehead atoms. The van der Waals surface area contributed by atoms with E-state index < -0.39 is 29.2 Å². The third kappa shape index (κ3) is 5.71. The average Bonchev–Trinajstić information content (AvgIpc) is 2.45. The van der Waals surface area contributed by atoms with E-state index in [0.717, 1.165) is 12.1 Å². The van der Waals surface area contributed by atoms with Gasteiger partial charge in [0.1, 0.15) is 0 Å². The van der Waals surface area contributed by atoms with Crippen molar-refractivity contribution < 1.29 is 26.3 Å². The molecule has 9 heteroatoms. The van der Waals surface area contributed by atoms with Crippen molar-refractivity contribution in [3.8, 4) is 0 Å². The first-order valence-corrected chi connectivity index (χ1v) is 7.87. The van der Waals surface area contributed by atoms with Crippen LogP contribution in [0.25, 0.3) is 0 Å². The number of anilines is 1. The fourth-order valence-corrected chi connectivity index (χ4v) is 2.64. The molecule has 0 aliphatic carbocycles. The zero-order valence-corrected chi connectivity index (χ0v) is 15.4. The van der Waals surface area contributed by atoms with Gasteiger partial charge >= 0.3 is 12.4 Å². The van der Waals surface area contributed by atoms with Gasteiger partial charge in [-0.1, -0.05) is 23.2 Å². The average molecular weight is 418 g/mol. The lowest BCUT2D eigenvalue weighted by molar-refractivity contribution is -0.138. The molecule has 0 aliphatic rings. The molecule has 0 amide bonds. The second-order valence-electron chi connectivity index (χ2n) is 5.62. The van der Waals surface area contributed by atoms with Crippen molar-refractivity contribution in [2.24, 2.45) is 0 Å². The Morgan fingerprint density at radius 3 is 1.50 bits per heavy atom. The van der Waals surface area contributed by atoms with Crippen LogP contribution in [0.4, 0.5) is 32.0 Å². The van der Waals surface area contributed by atoms with E-state index in [1.54, 1.807) is 6.92 Å². The zero-order chi connectivity index (χ0) is 20.4. The van der Waals surface area contributed by atoms with Gasteiger partial charge in [-0.15, -0.1) is 0 Å². The lowest BCUT2D eigenvalue weighted by Crippen LogP contribution is -2.09. The van der Waals surface area contributed by atoms with Crippen molar-refractivity contribution in [2.75, 3.05) is 5.73 Å². The highest BCUT2D eigenvalue weighted by Crippen LogP contribution is 2.37. The van der Waals surface area contributed by atoms with Crippen LogP contribution in [0.15, 0.2) is 24.3 Å². The predicted molar refractivity (Wildman–Crippen MR) is 91.5 cm³/mol. The normalized spacial score (nSPS) is 11.8. The molecule has 0 atom stereocenters. The molecule has 0 fully saturated rings. The molecule has 0 aliphatic heterocycles. The van der Waals surface area contributed by atoms with E-state index in [0.29, 0.717) is 11.1 Å². The number of halogens is 8. The standard InChI is InChI=1S/C9H8ClF3.C8H7ClF3N/c1-5-3-7(9(11,12)13)6(2)8(10)4-5;1-4-2-5(8(10,11)12)7(13)6(9)3-4/h3-4H,1-2H3;2-3H,13H2,1H3. The van der Waals surface area contributed by atoms with E-state index in [9.17, 15) is 26.3 Å². The summed E-state index contributed by atoms with van der Waals surface area (Å²) in [5.41, 5.74) is 4.27. The van der Waals surface area contributed by atoms with Crippen LogP contribution in [0.5, 0.6) is 0 Å². The Labute approximate surface area is 156 Å². The highest BCUT2D eigenvalue weighted by Gasteiger charge is 2.34. The van der Waals surface area contributed by atoms with E-state index in [-0.39, 0.29) is 15.6 Å². The Balaban J connectivity index is 0.000000260. The Morgan fingerprint density at radius 1 is 0.692 bits per heavy atom. The zero-order valence-electron chi connectivity index (χ0n) is 13.9. The summed E-state index contributed by atoms with van der Waals surface area (Å²) in [7, 11) is 0. The molecule has 0 spiro atoms. The molecule has 26 heavy (non-hydrogen) atoms. The monoisotopic (exact) mass is 417 g/mol. The summed E-state index contributed by atoms with van der Waals surface area (Å²) in [6.45, 7) is 4.48. The molecule has 0 aromatic heterocycles.